The van der Waals surface area contributed by atoms with Crippen molar-refractivity contribution in [3.63, 3.8) is 0 Å². The Hall–Kier alpha value is -3.04. The van der Waals surface area contributed by atoms with Gasteiger partial charge in [-0.2, -0.15) is 4.31 Å². The molecular formula is C35H45N3O8S2. The van der Waals surface area contributed by atoms with Crippen molar-refractivity contribution >= 4 is 19.9 Å². The Morgan fingerprint density at radius 3 is 2.42 bits per heavy atom. The first-order chi connectivity index (χ1) is 23.0. The summed E-state index contributed by atoms with van der Waals surface area (Å²) in [5.74, 6) is 0.738. The van der Waals surface area contributed by atoms with Crippen molar-refractivity contribution in [3.05, 3.63) is 72.3 Å². The number of rotatable bonds is 14. The summed E-state index contributed by atoms with van der Waals surface area (Å²) in [6, 6.07) is 19.5. The number of aliphatic hydroxyl groups is 1. The Morgan fingerprint density at radius 2 is 1.73 bits per heavy atom. The molecule has 2 saturated heterocycles. The van der Waals surface area contributed by atoms with Gasteiger partial charge in [0.25, 0.3) is 0 Å². The first-order valence-corrected chi connectivity index (χ1v) is 19.6. The molecule has 11 nitrogen and oxygen atoms in total. The Labute approximate surface area is 283 Å². The van der Waals surface area contributed by atoms with E-state index in [1.165, 1.54) is 10.4 Å². The molecular weight excluding hydrogens is 655 g/mol. The number of hydrogen-bond donors (Lipinski definition) is 3. The van der Waals surface area contributed by atoms with Gasteiger partial charge in [0.1, 0.15) is 29.1 Å². The van der Waals surface area contributed by atoms with Crippen LogP contribution in [-0.2, 0) is 31.1 Å². The van der Waals surface area contributed by atoms with Crippen molar-refractivity contribution in [2.75, 3.05) is 39.5 Å². The SMILES string of the molecule is CCOc1ccc(-c2ccc(CN)cc2)cc1S(=O)(=O)N1CCC2(CC1)C[C@@H](NC[C@H](O)COc1cccc(S(=O)(=O)C3CC3)c1)CO2. The van der Waals surface area contributed by atoms with E-state index in [1.54, 1.807) is 30.3 Å². The van der Waals surface area contributed by atoms with E-state index in [4.69, 9.17) is 19.9 Å². The van der Waals surface area contributed by atoms with Crippen LogP contribution >= 0.6 is 0 Å². The van der Waals surface area contributed by atoms with Gasteiger partial charge in [-0.3, -0.25) is 0 Å². The summed E-state index contributed by atoms with van der Waals surface area (Å²) in [5.41, 5.74) is 7.98. The largest absolute Gasteiger partial charge is 0.492 e. The normalized spacial score (nSPS) is 20.5. The van der Waals surface area contributed by atoms with E-state index in [9.17, 15) is 21.9 Å². The number of nitrogens with zero attached hydrogens (tertiary/aromatic N) is 1. The van der Waals surface area contributed by atoms with E-state index in [-0.39, 0.29) is 34.2 Å². The highest BCUT2D eigenvalue weighted by molar-refractivity contribution is 7.92. The van der Waals surface area contributed by atoms with Crippen LogP contribution < -0.4 is 20.5 Å². The topological polar surface area (TPSA) is 157 Å². The lowest BCUT2D eigenvalue weighted by atomic mass is 9.88. The lowest BCUT2D eigenvalue weighted by Crippen LogP contribution is -2.47. The van der Waals surface area contributed by atoms with Crippen molar-refractivity contribution in [3.8, 4) is 22.6 Å². The van der Waals surface area contributed by atoms with E-state index in [1.807, 2.05) is 37.3 Å². The van der Waals surface area contributed by atoms with Gasteiger partial charge in [0.15, 0.2) is 9.84 Å². The minimum absolute atomic E-state index is 0.00159. The standard InChI is InChI=1S/C35H45N3O8S2/c1-2-44-33-13-10-27(26-8-6-25(21-36)7-9-26)18-34(33)48(42,43)38-16-14-35(15-17-38)20-28(23-46-35)37-22-29(39)24-45-30-4-3-5-32(19-30)47(40,41)31-11-12-31/h3-10,13,18-19,28-29,31,37,39H,2,11-12,14-17,20-24,36H2,1H3/t28-,29+/m1/s1. The molecule has 1 aliphatic carbocycles. The molecule has 3 fully saturated rings. The second kappa shape index (κ2) is 14.4. The van der Waals surface area contributed by atoms with Gasteiger partial charge >= 0.3 is 0 Å². The highest BCUT2D eigenvalue weighted by Crippen LogP contribution is 2.39. The second-order valence-corrected chi connectivity index (χ2v) is 17.0. The average molecular weight is 700 g/mol. The van der Waals surface area contributed by atoms with Gasteiger partial charge in [0.2, 0.25) is 10.0 Å². The number of benzene rings is 3. The third kappa shape index (κ3) is 7.72. The van der Waals surface area contributed by atoms with E-state index in [0.717, 1.165) is 16.7 Å². The average Bonchev–Trinajstić information content (AvgIpc) is 3.90. The fraction of sp³-hybridized carbons (Fsp3) is 0.486. The molecule has 3 aliphatic rings. The molecule has 3 aromatic rings. The number of sulfonamides is 1. The first-order valence-electron chi connectivity index (χ1n) is 16.6. The molecule has 4 N–H and O–H groups in total. The lowest BCUT2D eigenvalue weighted by Gasteiger charge is -2.38. The van der Waals surface area contributed by atoms with Crippen LogP contribution in [0.3, 0.4) is 0 Å². The smallest absolute Gasteiger partial charge is 0.246 e. The fourth-order valence-corrected chi connectivity index (χ4v) is 9.75. The predicted molar refractivity (Wildman–Crippen MR) is 182 cm³/mol. The van der Waals surface area contributed by atoms with Crippen molar-refractivity contribution in [2.24, 2.45) is 5.73 Å². The lowest BCUT2D eigenvalue weighted by molar-refractivity contribution is -0.0312. The van der Waals surface area contributed by atoms with Crippen molar-refractivity contribution in [1.82, 2.24) is 9.62 Å². The Morgan fingerprint density at radius 1 is 1.00 bits per heavy atom. The van der Waals surface area contributed by atoms with Crippen LogP contribution in [0.4, 0.5) is 0 Å². The third-order valence-corrected chi connectivity index (χ3v) is 13.6. The van der Waals surface area contributed by atoms with Crippen LogP contribution in [0.2, 0.25) is 0 Å². The molecule has 6 rings (SSSR count). The summed E-state index contributed by atoms with van der Waals surface area (Å²) in [7, 11) is -7.16. The second-order valence-electron chi connectivity index (χ2n) is 12.9. The monoisotopic (exact) mass is 699 g/mol. The van der Waals surface area contributed by atoms with Gasteiger partial charge in [0.05, 0.1) is 29.0 Å². The number of ether oxygens (including phenoxy) is 3. The zero-order valence-electron chi connectivity index (χ0n) is 27.2. The summed E-state index contributed by atoms with van der Waals surface area (Å²) in [6.07, 6.45) is 2.38. The summed E-state index contributed by atoms with van der Waals surface area (Å²) < 4.78 is 72.3. The summed E-state index contributed by atoms with van der Waals surface area (Å²) in [6.45, 7) is 4.00. The molecule has 13 heteroatoms. The molecule has 0 radical (unpaired) electrons. The maximum atomic E-state index is 14.0. The Bertz CT molecular complexity index is 1790. The Balaban J connectivity index is 1.02. The van der Waals surface area contributed by atoms with E-state index in [2.05, 4.69) is 5.32 Å². The zero-order chi connectivity index (χ0) is 33.9. The van der Waals surface area contributed by atoms with Crippen LogP contribution in [0.1, 0.15) is 44.6 Å². The first kappa shape index (κ1) is 34.8. The molecule has 260 valence electrons. The molecule has 48 heavy (non-hydrogen) atoms. The summed E-state index contributed by atoms with van der Waals surface area (Å²) >= 11 is 0. The van der Waals surface area contributed by atoms with Gasteiger partial charge < -0.3 is 30.4 Å². The Kier molecular flexibility index (Phi) is 10.5. The highest BCUT2D eigenvalue weighted by atomic mass is 32.2. The van der Waals surface area contributed by atoms with E-state index < -0.39 is 31.6 Å². The van der Waals surface area contributed by atoms with Crippen LogP contribution in [0.15, 0.2) is 76.5 Å². The van der Waals surface area contributed by atoms with Crippen LogP contribution in [-0.4, -0.2) is 88.7 Å². The highest BCUT2D eigenvalue weighted by Gasteiger charge is 2.45. The minimum Gasteiger partial charge on any atom is -0.492 e. The van der Waals surface area contributed by atoms with Crippen molar-refractivity contribution in [1.29, 1.82) is 0 Å². The molecule has 0 bridgehead atoms. The molecule has 2 heterocycles. The maximum absolute atomic E-state index is 14.0. The minimum atomic E-state index is -3.84. The molecule has 1 spiro atoms. The number of nitrogens with two attached hydrogens (primary N) is 1. The van der Waals surface area contributed by atoms with E-state index >= 15 is 0 Å². The van der Waals surface area contributed by atoms with Crippen molar-refractivity contribution in [2.45, 2.75) is 78.4 Å². The molecule has 1 saturated carbocycles. The van der Waals surface area contributed by atoms with Crippen LogP contribution in [0.25, 0.3) is 11.1 Å². The van der Waals surface area contributed by atoms with Gasteiger partial charge in [-0.15, -0.1) is 0 Å². The molecule has 2 aliphatic heterocycles. The summed E-state index contributed by atoms with van der Waals surface area (Å²) in [5, 5.41) is 13.6. The van der Waals surface area contributed by atoms with Gasteiger partial charge in [-0.1, -0.05) is 36.4 Å². The summed E-state index contributed by atoms with van der Waals surface area (Å²) in [4.78, 5) is 0.402. The maximum Gasteiger partial charge on any atom is 0.246 e. The van der Waals surface area contributed by atoms with Gasteiger partial charge in [-0.05, 0) is 86.1 Å². The van der Waals surface area contributed by atoms with E-state index in [0.29, 0.717) is 76.5 Å². The number of sulfone groups is 1. The molecule has 0 amide bonds. The van der Waals surface area contributed by atoms with Crippen molar-refractivity contribution < 1.29 is 36.2 Å². The van der Waals surface area contributed by atoms with Crippen LogP contribution in [0.5, 0.6) is 11.5 Å². The van der Waals surface area contributed by atoms with Gasteiger partial charge in [-0.25, -0.2) is 16.8 Å². The molecule has 3 aromatic carbocycles. The number of aliphatic hydroxyl groups excluding tert-OH is 1. The molecule has 0 aromatic heterocycles. The predicted octanol–water partition coefficient (Wildman–Crippen LogP) is 3.49. The van der Waals surface area contributed by atoms with Gasteiger partial charge in [0, 0.05) is 32.2 Å². The fourth-order valence-electron chi connectivity index (χ4n) is 6.46. The van der Waals surface area contributed by atoms with Crippen LogP contribution in [0, 0.1) is 0 Å². The number of hydrogen-bond acceptors (Lipinski definition) is 10. The molecule has 2 atom stereocenters. The molecule has 0 unspecified atom stereocenters. The quantitative estimate of drug-likeness (QED) is 0.228. The third-order valence-electron chi connectivity index (χ3n) is 9.41. The number of nitrogens with one attached hydrogen (secondary N) is 1. The number of piperidine rings is 1. The zero-order valence-corrected chi connectivity index (χ0v) is 28.8.